The number of hydrogen-bond donors (Lipinski definition) is 2. The highest BCUT2D eigenvalue weighted by atomic mass is 16.5. The lowest BCUT2D eigenvalue weighted by Crippen LogP contribution is -2.36. The summed E-state index contributed by atoms with van der Waals surface area (Å²) in [5.74, 6) is -0.707. The number of nitrogens with one attached hydrogen (secondary N) is 2. The highest BCUT2D eigenvalue weighted by Gasteiger charge is 2.14. The first kappa shape index (κ1) is 20.2. The fraction of sp³-hybridized carbons (Fsp3) is 0.238. The zero-order valence-electron chi connectivity index (χ0n) is 15.9. The molecule has 2 aromatic rings. The number of benzene rings is 2. The number of anilines is 1. The van der Waals surface area contributed by atoms with Gasteiger partial charge in [-0.15, -0.1) is 0 Å². The Bertz CT molecular complexity index is 784. The Hall–Kier alpha value is -3.12. The molecule has 0 spiro atoms. The van der Waals surface area contributed by atoms with Crippen molar-refractivity contribution in [2.24, 2.45) is 0 Å². The van der Waals surface area contributed by atoms with Gasteiger partial charge in [-0.3, -0.25) is 9.59 Å². The molecule has 6 heteroatoms. The van der Waals surface area contributed by atoms with Crippen molar-refractivity contribution in [3.63, 3.8) is 0 Å². The maximum atomic E-state index is 12.5. The van der Waals surface area contributed by atoms with Crippen LogP contribution in [0.2, 0.25) is 0 Å². The van der Waals surface area contributed by atoms with Gasteiger partial charge in [0.05, 0.1) is 6.61 Å². The van der Waals surface area contributed by atoms with Crippen molar-refractivity contribution in [1.29, 1.82) is 0 Å². The summed E-state index contributed by atoms with van der Waals surface area (Å²) >= 11 is 0. The van der Waals surface area contributed by atoms with Crippen LogP contribution in [0.1, 0.15) is 15.9 Å². The van der Waals surface area contributed by atoms with Gasteiger partial charge in [-0.25, -0.2) is 0 Å². The molecular weight excluding hydrogens is 342 g/mol. The second-order valence-corrected chi connectivity index (χ2v) is 6.11. The molecule has 0 aliphatic heterocycles. The quantitative estimate of drug-likeness (QED) is 0.555. The monoisotopic (exact) mass is 367 g/mol. The Labute approximate surface area is 159 Å². The molecular formula is C21H25N3O3. The van der Waals surface area contributed by atoms with Gasteiger partial charge < -0.3 is 20.3 Å². The number of rotatable bonds is 8. The highest BCUT2D eigenvalue weighted by molar-refractivity contribution is 6.05. The zero-order valence-corrected chi connectivity index (χ0v) is 15.9. The van der Waals surface area contributed by atoms with Crippen LogP contribution >= 0.6 is 0 Å². The topological polar surface area (TPSA) is 70.7 Å². The first-order valence-corrected chi connectivity index (χ1v) is 8.64. The van der Waals surface area contributed by atoms with E-state index in [1.165, 1.54) is 0 Å². The van der Waals surface area contributed by atoms with Crippen LogP contribution < -0.4 is 15.5 Å². The summed E-state index contributed by atoms with van der Waals surface area (Å²) in [6, 6.07) is 16.5. The fourth-order valence-corrected chi connectivity index (χ4v) is 2.34. The summed E-state index contributed by atoms with van der Waals surface area (Å²) in [5, 5.41) is 5.44. The van der Waals surface area contributed by atoms with Gasteiger partial charge in [-0.2, -0.15) is 0 Å². The Balaban J connectivity index is 2.22. The molecule has 0 fully saturated rings. The van der Waals surface area contributed by atoms with Gasteiger partial charge >= 0.3 is 0 Å². The van der Waals surface area contributed by atoms with Crippen LogP contribution in [0.3, 0.4) is 0 Å². The van der Waals surface area contributed by atoms with Crippen molar-refractivity contribution in [1.82, 2.24) is 10.6 Å². The van der Waals surface area contributed by atoms with Crippen LogP contribution in [-0.4, -0.2) is 46.2 Å². The molecule has 6 nitrogen and oxygen atoms in total. The summed E-state index contributed by atoms with van der Waals surface area (Å²) in [7, 11) is 5.48. The minimum absolute atomic E-state index is 0.178. The lowest BCUT2D eigenvalue weighted by atomic mass is 10.1. The van der Waals surface area contributed by atoms with E-state index in [9.17, 15) is 9.59 Å². The van der Waals surface area contributed by atoms with Gasteiger partial charge in [0.15, 0.2) is 0 Å². The van der Waals surface area contributed by atoms with Crippen molar-refractivity contribution < 1.29 is 14.3 Å². The SMILES string of the molecule is COCCNC(=O)/C(=C/c1ccc(N(C)C)cc1)NC(=O)c1ccccc1. The molecule has 0 aliphatic carbocycles. The minimum Gasteiger partial charge on any atom is -0.383 e. The number of methoxy groups -OCH3 is 1. The van der Waals surface area contributed by atoms with Crippen LogP contribution in [0, 0.1) is 0 Å². The van der Waals surface area contributed by atoms with E-state index in [4.69, 9.17) is 4.74 Å². The summed E-state index contributed by atoms with van der Waals surface area (Å²) in [6.45, 7) is 0.747. The van der Waals surface area contributed by atoms with Crippen molar-refractivity contribution in [3.05, 3.63) is 71.4 Å². The van der Waals surface area contributed by atoms with Crippen molar-refractivity contribution in [2.75, 3.05) is 39.3 Å². The first-order chi connectivity index (χ1) is 13.0. The van der Waals surface area contributed by atoms with Crippen LogP contribution in [0.25, 0.3) is 6.08 Å². The number of carbonyl (C=O) groups excluding carboxylic acids is 2. The number of nitrogens with zero attached hydrogens (tertiary/aromatic N) is 1. The van der Waals surface area contributed by atoms with Gasteiger partial charge in [0, 0.05) is 39.0 Å². The second-order valence-electron chi connectivity index (χ2n) is 6.11. The molecule has 0 saturated heterocycles. The van der Waals surface area contributed by atoms with Crippen LogP contribution in [0.5, 0.6) is 0 Å². The minimum atomic E-state index is -0.368. The normalized spacial score (nSPS) is 11.0. The molecule has 0 bridgehead atoms. The first-order valence-electron chi connectivity index (χ1n) is 8.64. The lowest BCUT2D eigenvalue weighted by molar-refractivity contribution is -0.117. The molecule has 0 radical (unpaired) electrons. The lowest BCUT2D eigenvalue weighted by Gasteiger charge is -2.13. The number of amides is 2. The molecule has 0 aromatic heterocycles. The van der Waals surface area contributed by atoms with E-state index in [0.717, 1.165) is 11.3 Å². The summed E-state index contributed by atoms with van der Waals surface area (Å²) in [6.07, 6.45) is 1.66. The standard InChI is InChI=1S/C21H25N3O3/c1-24(2)18-11-9-16(10-12-18)15-19(21(26)22-13-14-27-3)23-20(25)17-7-5-4-6-8-17/h4-12,15H,13-14H2,1-3H3,(H,22,26)(H,23,25)/b19-15-. The highest BCUT2D eigenvalue weighted by Crippen LogP contribution is 2.14. The maximum absolute atomic E-state index is 12.5. The third-order valence-electron chi connectivity index (χ3n) is 3.84. The number of carbonyl (C=O) groups is 2. The van der Waals surface area contributed by atoms with E-state index in [1.54, 1.807) is 37.5 Å². The molecule has 142 valence electrons. The molecule has 0 unspecified atom stereocenters. The Morgan fingerprint density at radius 1 is 1.04 bits per heavy atom. The molecule has 2 amide bonds. The predicted octanol–water partition coefficient (Wildman–Crippen LogP) is 2.29. The van der Waals surface area contributed by atoms with Crippen molar-refractivity contribution in [2.45, 2.75) is 0 Å². The molecule has 0 heterocycles. The van der Waals surface area contributed by atoms with E-state index in [1.807, 2.05) is 49.3 Å². The molecule has 0 saturated carbocycles. The van der Waals surface area contributed by atoms with E-state index >= 15 is 0 Å². The zero-order chi connectivity index (χ0) is 19.6. The Morgan fingerprint density at radius 3 is 2.30 bits per heavy atom. The van der Waals surface area contributed by atoms with Crippen LogP contribution in [0.15, 0.2) is 60.3 Å². The van der Waals surface area contributed by atoms with Crippen LogP contribution in [0.4, 0.5) is 5.69 Å². The Morgan fingerprint density at radius 2 is 1.70 bits per heavy atom. The van der Waals surface area contributed by atoms with Gasteiger partial charge in [-0.05, 0) is 35.9 Å². The largest absolute Gasteiger partial charge is 0.383 e. The van der Waals surface area contributed by atoms with Crippen LogP contribution in [-0.2, 0) is 9.53 Å². The van der Waals surface area contributed by atoms with E-state index in [2.05, 4.69) is 10.6 Å². The predicted molar refractivity (Wildman–Crippen MR) is 108 cm³/mol. The molecule has 2 N–H and O–H groups in total. The van der Waals surface area contributed by atoms with Gasteiger partial charge in [0.1, 0.15) is 5.70 Å². The third kappa shape index (κ3) is 6.27. The average Bonchev–Trinajstić information content (AvgIpc) is 2.68. The average molecular weight is 367 g/mol. The van der Waals surface area contributed by atoms with E-state index in [0.29, 0.717) is 18.7 Å². The third-order valence-corrected chi connectivity index (χ3v) is 3.84. The fourth-order valence-electron chi connectivity index (χ4n) is 2.34. The van der Waals surface area contributed by atoms with Crippen molar-refractivity contribution >= 4 is 23.6 Å². The summed E-state index contributed by atoms with van der Waals surface area (Å²) in [4.78, 5) is 27.0. The van der Waals surface area contributed by atoms with Gasteiger partial charge in [0.2, 0.25) is 0 Å². The molecule has 0 atom stereocenters. The molecule has 27 heavy (non-hydrogen) atoms. The maximum Gasteiger partial charge on any atom is 0.267 e. The summed E-state index contributed by atoms with van der Waals surface area (Å²) < 4.78 is 4.95. The molecule has 2 rings (SSSR count). The van der Waals surface area contributed by atoms with Gasteiger partial charge in [-0.1, -0.05) is 30.3 Å². The van der Waals surface area contributed by atoms with E-state index < -0.39 is 0 Å². The smallest absolute Gasteiger partial charge is 0.267 e. The van der Waals surface area contributed by atoms with Crippen molar-refractivity contribution in [3.8, 4) is 0 Å². The second kappa shape index (κ2) is 10.1. The molecule has 0 aliphatic rings. The van der Waals surface area contributed by atoms with E-state index in [-0.39, 0.29) is 17.5 Å². The number of ether oxygens (including phenoxy) is 1. The Kier molecular flexibility index (Phi) is 7.58. The molecule has 2 aromatic carbocycles. The number of hydrogen-bond acceptors (Lipinski definition) is 4. The summed E-state index contributed by atoms with van der Waals surface area (Å²) in [5.41, 5.74) is 2.52. The van der Waals surface area contributed by atoms with Gasteiger partial charge in [0.25, 0.3) is 11.8 Å².